The Morgan fingerprint density at radius 2 is 1.56 bits per heavy atom. The molecule has 0 amide bonds. The summed E-state index contributed by atoms with van der Waals surface area (Å²) in [6.45, 7) is 14.9. The van der Waals surface area contributed by atoms with Crippen LogP contribution < -0.4 is 0 Å². The van der Waals surface area contributed by atoms with E-state index in [2.05, 4.69) is 41.5 Å². The van der Waals surface area contributed by atoms with Crippen molar-refractivity contribution in [1.82, 2.24) is 0 Å². The van der Waals surface area contributed by atoms with Gasteiger partial charge in [0, 0.05) is 0 Å². The Hall–Kier alpha value is 0. The van der Waals surface area contributed by atoms with Crippen LogP contribution in [0.5, 0.6) is 0 Å². The molecule has 106 valence electrons. The van der Waals surface area contributed by atoms with Crippen LogP contribution >= 0.6 is 0 Å². The van der Waals surface area contributed by atoms with Crippen molar-refractivity contribution in [3.8, 4) is 0 Å². The third-order valence-corrected chi connectivity index (χ3v) is 7.17. The van der Waals surface area contributed by atoms with Gasteiger partial charge in [0.1, 0.15) is 0 Å². The summed E-state index contributed by atoms with van der Waals surface area (Å²) in [6.07, 6.45) is 8.92. The molecule has 0 aliphatic heterocycles. The van der Waals surface area contributed by atoms with Crippen molar-refractivity contribution in [3.63, 3.8) is 0 Å². The summed E-state index contributed by atoms with van der Waals surface area (Å²) in [4.78, 5) is 0. The van der Waals surface area contributed by atoms with Gasteiger partial charge in [-0.25, -0.2) is 0 Å². The van der Waals surface area contributed by atoms with E-state index in [1.165, 1.54) is 38.5 Å². The smallest absolute Gasteiger partial charge is 0.0272 e. The van der Waals surface area contributed by atoms with Gasteiger partial charge in [-0.05, 0) is 60.2 Å². The molecule has 0 aromatic heterocycles. The van der Waals surface area contributed by atoms with Crippen molar-refractivity contribution in [2.45, 2.75) is 80.1 Å². The van der Waals surface area contributed by atoms with Gasteiger partial charge >= 0.3 is 0 Å². The summed E-state index contributed by atoms with van der Waals surface area (Å²) in [7, 11) is 0. The molecule has 0 aromatic carbocycles. The van der Waals surface area contributed by atoms with Crippen molar-refractivity contribution in [1.29, 1.82) is 0 Å². The van der Waals surface area contributed by atoms with Crippen LogP contribution in [0.25, 0.3) is 0 Å². The second kappa shape index (κ2) is 4.84. The van der Waals surface area contributed by atoms with Crippen molar-refractivity contribution < 1.29 is 0 Å². The zero-order chi connectivity index (χ0) is 13.6. The second-order valence-electron chi connectivity index (χ2n) is 8.47. The number of hydrogen-bond donors (Lipinski definition) is 0. The van der Waals surface area contributed by atoms with E-state index in [0.717, 1.165) is 23.7 Å². The van der Waals surface area contributed by atoms with Gasteiger partial charge in [-0.1, -0.05) is 54.4 Å². The molecule has 0 heterocycles. The molecule has 0 aromatic rings. The lowest BCUT2D eigenvalue weighted by atomic mass is 9.50. The fourth-order valence-corrected chi connectivity index (χ4v) is 4.91. The van der Waals surface area contributed by atoms with E-state index in [0.29, 0.717) is 10.8 Å². The molecule has 0 spiro atoms. The average Bonchev–Trinajstić information content (AvgIpc) is 2.28. The molecule has 2 aliphatic rings. The molecular formula is C18H34. The molecule has 0 N–H and O–H groups in total. The highest BCUT2D eigenvalue weighted by Gasteiger charge is 2.49. The lowest BCUT2D eigenvalue weighted by Crippen LogP contribution is -2.46. The van der Waals surface area contributed by atoms with Gasteiger partial charge in [0.2, 0.25) is 0 Å². The van der Waals surface area contributed by atoms with Crippen LogP contribution in [0.4, 0.5) is 0 Å². The SMILES string of the molecule is CC(C)C1(C)CCC2C(CCCC2(C)C(C)C)C1. The highest BCUT2D eigenvalue weighted by molar-refractivity contribution is 4.99. The lowest BCUT2D eigenvalue weighted by molar-refractivity contribution is -0.0560. The molecule has 2 aliphatic carbocycles. The predicted molar refractivity (Wildman–Crippen MR) is 80.6 cm³/mol. The van der Waals surface area contributed by atoms with Crippen LogP contribution in [-0.4, -0.2) is 0 Å². The Bertz CT molecular complexity index is 290. The van der Waals surface area contributed by atoms with E-state index in [4.69, 9.17) is 0 Å². The summed E-state index contributed by atoms with van der Waals surface area (Å²) >= 11 is 0. The highest BCUT2D eigenvalue weighted by Crippen LogP contribution is 2.58. The quantitative estimate of drug-likeness (QED) is 0.571. The molecular weight excluding hydrogens is 216 g/mol. The molecule has 4 atom stereocenters. The van der Waals surface area contributed by atoms with Crippen LogP contribution in [0, 0.1) is 34.5 Å². The fourth-order valence-electron chi connectivity index (χ4n) is 4.91. The van der Waals surface area contributed by atoms with Crippen molar-refractivity contribution >= 4 is 0 Å². The van der Waals surface area contributed by atoms with Gasteiger partial charge in [-0.3, -0.25) is 0 Å². The molecule has 2 fully saturated rings. The molecule has 0 radical (unpaired) electrons. The first-order valence-corrected chi connectivity index (χ1v) is 8.29. The number of fused-ring (bicyclic) bond motifs is 1. The largest absolute Gasteiger partial charge is 0.0623 e. The van der Waals surface area contributed by atoms with Crippen molar-refractivity contribution in [2.24, 2.45) is 34.5 Å². The van der Waals surface area contributed by atoms with Crippen LogP contribution in [0.15, 0.2) is 0 Å². The summed E-state index contributed by atoms with van der Waals surface area (Å²) in [5.74, 6) is 3.74. The van der Waals surface area contributed by atoms with Gasteiger partial charge in [0.05, 0.1) is 0 Å². The molecule has 0 saturated heterocycles. The maximum Gasteiger partial charge on any atom is -0.0272 e. The topological polar surface area (TPSA) is 0 Å². The Balaban J connectivity index is 2.17. The zero-order valence-electron chi connectivity index (χ0n) is 13.6. The molecule has 0 nitrogen and oxygen atoms in total. The average molecular weight is 250 g/mol. The summed E-state index contributed by atoms with van der Waals surface area (Å²) in [5.41, 5.74) is 1.25. The Labute approximate surface area is 115 Å². The first-order valence-electron chi connectivity index (χ1n) is 8.29. The van der Waals surface area contributed by atoms with E-state index in [-0.39, 0.29) is 0 Å². The van der Waals surface area contributed by atoms with Gasteiger partial charge < -0.3 is 0 Å². The monoisotopic (exact) mass is 250 g/mol. The van der Waals surface area contributed by atoms with E-state index in [1.54, 1.807) is 0 Å². The minimum atomic E-state index is 0.621. The molecule has 2 rings (SSSR count). The van der Waals surface area contributed by atoms with Crippen LogP contribution in [0.2, 0.25) is 0 Å². The molecule has 0 bridgehead atoms. The normalized spacial score (nSPS) is 45.3. The fraction of sp³-hybridized carbons (Fsp3) is 1.00. The van der Waals surface area contributed by atoms with Crippen LogP contribution in [-0.2, 0) is 0 Å². The number of hydrogen-bond acceptors (Lipinski definition) is 0. The zero-order valence-corrected chi connectivity index (χ0v) is 13.6. The van der Waals surface area contributed by atoms with Crippen molar-refractivity contribution in [2.75, 3.05) is 0 Å². The Kier molecular flexibility index (Phi) is 3.87. The summed E-state index contributed by atoms with van der Waals surface area (Å²) in [5, 5.41) is 0. The first kappa shape index (κ1) is 14.4. The van der Waals surface area contributed by atoms with Gasteiger partial charge in [-0.15, -0.1) is 0 Å². The highest BCUT2D eigenvalue weighted by atomic mass is 14.5. The molecule has 4 unspecified atom stereocenters. The molecule has 2 saturated carbocycles. The maximum atomic E-state index is 2.59. The Morgan fingerprint density at radius 1 is 0.889 bits per heavy atom. The third-order valence-electron chi connectivity index (χ3n) is 7.17. The van der Waals surface area contributed by atoms with Crippen LogP contribution in [0.1, 0.15) is 80.1 Å². The van der Waals surface area contributed by atoms with Gasteiger partial charge in [-0.2, -0.15) is 0 Å². The van der Waals surface area contributed by atoms with E-state index in [9.17, 15) is 0 Å². The standard InChI is InChI=1S/C18H34/c1-13(2)17(5)11-9-16-15(12-17)8-7-10-18(16,6)14(3)4/h13-16H,7-12H2,1-6H3. The molecule has 18 heavy (non-hydrogen) atoms. The van der Waals surface area contributed by atoms with E-state index < -0.39 is 0 Å². The van der Waals surface area contributed by atoms with E-state index in [1.807, 2.05) is 0 Å². The predicted octanol–water partition coefficient (Wildman–Crippen LogP) is 5.91. The minimum absolute atomic E-state index is 0.621. The minimum Gasteiger partial charge on any atom is -0.0623 e. The van der Waals surface area contributed by atoms with Gasteiger partial charge in [0.15, 0.2) is 0 Å². The lowest BCUT2D eigenvalue weighted by Gasteiger charge is -2.55. The Morgan fingerprint density at radius 3 is 2.11 bits per heavy atom. The van der Waals surface area contributed by atoms with E-state index >= 15 is 0 Å². The first-order chi connectivity index (χ1) is 8.29. The number of rotatable bonds is 2. The third kappa shape index (κ3) is 2.25. The maximum absolute atomic E-state index is 2.59. The summed E-state index contributed by atoms with van der Waals surface area (Å²) < 4.78 is 0. The van der Waals surface area contributed by atoms with Crippen molar-refractivity contribution in [3.05, 3.63) is 0 Å². The summed E-state index contributed by atoms with van der Waals surface area (Å²) in [6, 6.07) is 0. The van der Waals surface area contributed by atoms with Gasteiger partial charge in [0.25, 0.3) is 0 Å². The van der Waals surface area contributed by atoms with Crippen LogP contribution in [0.3, 0.4) is 0 Å². The second-order valence-corrected chi connectivity index (χ2v) is 8.47. The molecule has 0 heteroatoms.